The average Bonchev–Trinajstić information content (AvgIpc) is 2.87. The number of hydrogen-bond donors (Lipinski definition) is 3. The molecule has 0 spiro atoms. The van der Waals surface area contributed by atoms with Crippen LogP contribution in [0.15, 0.2) is 0 Å². The van der Waals surface area contributed by atoms with Gasteiger partial charge in [0.05, 0.1) is 0 Å². The first kappa shape index (κ1) is 13.9. The molecule has 0 unspecified atom stereocenters. The molecule has 100 valence electrons. The molecule has 2 heterocycles. The minimum atomic E-state index is -1.13. The van der Waals surface area contributed by atoms with Crippen molar-refractivity contribution in [1.82, 2.24) is 10.2 Å². The molecule has 3 N–H and O–H groups in total. The van der Waals surface area contributed by atoms with Crippen molar-refractivity contribution in [1.29, 1.82) is 0 Å². The van der Waals surface area contributed by atoms with E-state index in [1.807, 2.05) is 0 Å². The Morgan fingerprint density at radius 3 is 2.11 bits per heavy atom. The van der Waals surface area contributed by atoms with Crippen molar-refractivity contribution in [2.45, 2.75) is 31.7 Å². The average molecular weight is 258 g/mol. The first-order valence-corrected chi connectivity index (χ1v) is 5.47. The maximum absolute atomic E-state index is 10.6. The highest BCUT2D eigenvalue weighted by Crippen LogP contribution is 2.08. The standard InChI is InChI=1S/2C5H7NO3/c7-4-2-1-3-6(4)5(8)9;7-4-2-1-3(6-4)5(8)9/h1-3H2,(H,8,9);3H,1-2H2,(H,6,7)(H,8,9)/t;3-/m.0/s1. The number of nitrogens with zero attached hydrogens (tertiary/aromatic N) is 1. The summed E-state index contributed by atoms with van der Waals surface area (Å²) in [5, 5.41) is 18.9. The molecule has 0 saturated carbocycles. The van der Waals surface area contributed by atoms with E-state index in [9.17, 15) is 19.2 Å². The summed E-state index contributed by atoms with van der Waals surface area (Å²) in [5.41, 5.74) is 0. The third-order valence-corrected chi connectivity index (χ3v) is 2.60. The van der Waals surface area contributed by atoms with Crippen LogP contribution in [0.4, 0.5) is 4.79 Å². The molecule has 8 heteroatoms. The molecule has 2 fully saturated rings. The predicted octanol–water partition coefficient (Wildman–Crippen LogP) is -0.364. The van der Waals surface area contributed by atoms with Crippen LogP contribution in [0.5, 0.6) is 0 Å². The SMILES string of the molecule is O=C(O)N1CCCC1=O.O=C1CC[C@@H](C(=O)O)N1. The molecule has 1 atom stereocenters. The molecule has 2 aliphatic heterocycles. The van der Waals surface area contributed by atoms with E-state index in [0.29, 0.717) is 32.2 Å². The molecule has 0 aromatic heterocycles. The lowest BCUT2D eigenvalue weighted by Gasteiger charge is -2.05. The third kappa shape index (κ3) is 3.72. The number of carbonyl (C=O) groups excluding carboxylic acids is 2. The van der Waals surface area contributed by atoms with E-state index in [1.54, 1.807) is 0 Å². The Labute approximate surface area is 103 Å². The fourth-order valence-corrected chi connectivity index (χ4v) is 1.65. The molecule has 8 nitrogen and oxygen atoms in total. The number of likely N-dealkylation sites (tertiary alicyclic amines) is 1. The van der Waals surface area contributed by atoms with Gasteiger partial charge in [0, 0.05) is 19.4 Å². The highest BCUT2D eigenvalue weighted by Gasteiger charge is 2.26. The molecule has 2 rings (SSSR count). The largest absolute Gasteiger partial charge is 0.480 e. The molecular formula is C10H14N2O6. The fourth-order valence-electron chi connectivity index (χ4n) is 1.65. The molecule has 3 amide bonds. The fraction of sp³-hybridized carbons (Fsp3) is 0.600. The van der Waals surface area contributed by atoms with Gasteiger partial charge in [-0.15, -0.1) is 0 Å². The van der Waals surface area contributed by atoms with Crippen molar-refractivity contribution in [2.75, 3.05) is 6.54 Å². The van der Waals surface area contributed by atoms with Gasteiger partial charge in [-0.2, -0.15) is 0 Å². The Morgan fingerprint density at radius 1 is 1.22 bits per heavy atom. The van der Waals surface area contributed by atoms with Gasteiger partial charge < -0.3 is 15.5 Å². The molecule has 2 saturated heterocycles. The maximum atomic E-state index is 10.6. The van der Waals surface area contributed by atoms with Crippen LogP contribution < -0.4 is 5.32 Å². The monoisotopic (exact) mass is 258 g/mol. The second-order valence-electron chi connectivity index (χ2n) is 3.93. The summed E-state index contributed by atoms with van der Waals surface area (Å²) in [5.74, 6) is -1.38. The molecule has 18 heavy (non-hydrogen) atoms. The zero-order valence-electron chi connectivity index (χ0n) is 9.59. The Morgan fingerprint density at radius 2 is 1.89 bits per heavy atom. The van der Waals surface area contributed by atoms with Gasteiger partial charge in [0.25, 0.3) is 0 Å². The van der Waals surface area contributed by atoms with Crippen LogP contribution in [-0.4, -0.2) is 51.6 Å². The Kier molecular flexibility index (Phi) is 4.64. The minimum Gasteiger partial charge on any atom is -0.480 e. The van der Waals surface area contributed by atoms with Gasteiger partial charge in [-0.25, -0.2) is 14.5 Å². The van der Waals surface area contributed by atoms with Crippen LogP contribution >= 0.6 is 0 Å². The number of amides is 3. The second-order valence-corrected chi connectivity index (χ2v) is 3.93. The number of aliphatic carboxylic acids is 1. The Hall–Kier alpha value is -2.12. The minimum absolute atomic E-state index is 0.164. The first-order valence-electron chi connectivity index (χ1n) is 5.47. The highest BCUT2D eigenvalue weighted by molar-refractivity contribution is 5.92. The topological polar surface area (TPSA) is 124 Å². The number of carboxylic acid groups (broad SMARTS) is 2. The van der Waals surface area contributed by atoms with Gasteiger partial charge in [0.15, 0.2) is 0 Å². The van der Waals surface area contributed by atoms with Crippen LogP contribution in [0.3, 0.4) is 0 Å². The normalized spacial score (nSPS) is 22.2. The maximum Gasteiger partial charge on any atom is 0.414 e. The van der Waals surface area contributed by atoms with Crippen molar-refractivity contribution in [2.24, 2.45) is 0 Å². The van der Waals surface area contributed by atoms with E-state index in [-0.39, 0.29) is 11.8 Å². The zero-order valence-corrected chi connectivity index (χ0v) is 9.59. The van der Waals surface area contributed by atoms with E-state index in [2.05, 4.69) is 5.32 Å². The zero-order chi connectivity index (χ0) is 13.7. The smallest absolute Gasteiger partial charge is 0.414 e. The molecule has 0 aromatic rings. The molecule has 0 bridgehead atoms. The van der Waals surface area contributed by atoms with Crippen molar-refractivity contribution in [3.8, 4) is 0 Å². The van der Waals surface area contributed by atoms with Gasteiger partial charge in [0.1, 0.15) is 6.04 Å². The molecule has 0 radical (unpaired) electrons. The van der Waals surface area contributed by atoms with Crippen LogP contribution in [-0.2, 0) is 14.4 Å². The van der Waals surface area contributed by atoms with Crippen LogP contribution in [0.2, 0.25) is 0 Å². The first-order chi connectivity index (χ1) is 8.41. The van der Waals surface area contributed by atoms with Gasteiger partial charge in [0.2, 0.25) is 11.8 Å². The van der Waals surface area contributed by atoms with Crippen molar-refractivity contribution in [3.63, 3.8) is 0 Å². The molecule has 0 aliphatic carbocycles. The molecular weight excluding hydrogens is 244 g/mol. The van der Waals surface area contributed by atoms with E-state index in [1.165, 1.54) is 0 Å². The lowest BCUT2D eigenvalue weighted by molar-refractivity contribution is -0.140. The molecule has 2 aliphatic rings. The number of hydrogen-bond acceptors (Lipinski definition) is 4. The summed E-state index contributed by atoms with van der Waals surface area (Å²) in [6.45, 7) is 0.369. The lowest BCUT2D eigenvalue weighted by atomic mass is 10.2. The number of rotatable bonds is 1. The summed E-state index contributed by atoms with van der Waals surface area (Å²) in [6, 6.07) is -0.641. The highest BCUT2D eigenvalue weighted by atomic mass is 16.4. The van der Waals surface area contributed by atoms with Crippen molar-refractivity contribution < 1.29 is 29.4 Å². The van der Waals surface area contributed by atoms with Gasteiger partial charge in [-0.1, -0.05) is 0 Å². The summed E-state index contributed by atoms with van der Waals surface area (Å²) in [4.78, 5) is 42.0. The number of carboxylic acids is 1. The lowest BCUT2D eigenvalue weighted by Crippen LogP contribution is -2.32. The quantitative estimate of drug-likeness (QED) is 0.589. The van der Waals surface area contributed by atoms with Crippen LogP contribution in [0.1, 0.15) is 25.7 Å². The Bertz CT molecular complexity index is 381. The summed E-state index contributed by atoms with van der Waals surface area (Å²) < 4.78 is 0. The summed E-state index contributed by atoms with van der Waals surface area (Å²) in [6.07, 6.45) is 0.695. The summed E-state index contributed by atoms with van der Waals surface area (Å²) >= 11 is 0. The summed E-state index contributed by atoms with van der Waals surface area (Å²) in [7, 11) is 0. The number of nitrogens with one attached hydrogen (secondary N) is 1. The van der Waals surface area contributed by atoms with Crippen molar-refractivity contribution in [3.05, 3.63) is 0 Å². The van der Waals surface area contributed by atoms with Crippen LogP contribution in [0, 0.1) is 0 Å². The molecule has 0 aromatic carbocycles. The van der Waals surface area contributed by atoms with E-state index < -0.39 is 18.1 Å². The van der Waals surface area contributed by atoms with E-state index in [4.69, 9.17) is 10.2 Å². The van der Waals surface area contributed by atoms with E-state index in [0.717, 1.165) is 4.90 Å². The van der Waals surface area contributed by atoms with Gasteiger partial charge in [-0.05, 0) is 12.8 Å². The van der Waals surface area contributed by atoms with Gasteiger partial charge >= 0.3 is 12.1 Å². The number of imide groups is 1. The van der Waals surface area contributed by atoms with Crippen molar-refractivity contribution >= 4 is 23.9 Å². The predicted molar refractivity (Wildman–Crippen MR) is 57.8 cm³/mol. The van der Waals surface area contributed by atoms with Crippen LogP contribution in [0.25, 0.3) is 0 Å². The Balaban J connectivity index is 0.000000180. The second kappa shape index (κ2) is 5.99. The van der Waals surface area contributed by atoms with Gasteiger partial charge in [-0.3, -0.25) is 9.59 Å². The third-order valence-electron chi connectivity index (χ3n) is 2.60. The van der Waals surface area contributed by atoms with E-state index >= 15 is 0 Å². The number of carbonyl (C=O) groups is 4.